The summed E-state index contributed by atoms with van der Waals surface area (Å²) < 4.78 is 101. The van der Waals surface area contributed by atoms with Crippen LogP contribution in [0, 0.1) is 50.6 Å². The van der Waals surface area contributed by atoms with Crippen LogP contribution in [0.1, 0.15) is 107 Å². The van der Waals surface area contributed by atoms with Gasteiger partial charge in [0.05, 0.1) is 11.4 Å². The van der Waals surface area contributed by atoms with E-state index in [4.69, 9.17) is 26.5 Å². The van der Waals surface area contributed by atoms with Crippen molar-refractivity contribution in [3.63, 3.8) is 0 Å². The molecule has 4 nitrogen and oxygen atoms in total. The molecule has 0 spiro atoms. The third kappa shape index (κ3) is 7.42. The average molecular weight is 913 g/mol. The Labute approximate surface area is 421 Å². The Morgan fingerprint density at radius 3 is 2.04 bits per heavy atom. The number of hydrogen-bond acceptors (Lipinski definition) is 4. The van der Waals surface area contributed by atoms with Crippen LogP contribution in [0.2, 0.25) is 0 Å². The lowest BCUT2D eigenvalue weighted by atomic mass is 9.46. The van der Waals surface area contributed by atoms with Crippen molar-refractivity contribution >= 4 is 43.5 Å². The van der Waals surface area contributed by atoms with Crippen molar-refractivity contribution < 1.29 is 22.9 Å². The summed E-state index contributed by atoms with van der Waals surface area (Å²) in [5.41, 5.74) is 7.55. The van der Waals surface area contributed by atoms with Gasteiger partial charge >= 0.3 is 0 Å². The molecule has 69 heavy (non-hydrogen) atoms. The van der Waals surface area contributed by atoms with E-state index in [0.29, 0.717) is 44.5 Å². The standard InChI is InChI=1S/C65H62N2O2/c1-38-28-57(66-36-40(38)3)47-29-54(43-17-13-12-14-18-43)42(5)59(30-47)68-49-31-55-52-26-23-45-22-21-44-19-15-16-20-51(44)60(45)62(52)69-61(55)56(32-49)58-33-53(41(4)37-67-58)50-25-24-46(27-39(50)2)48-34-63(6,7)65(10,11)64(8,9)35-48/h12-33,36-37,48H,34-35H2,1-11H3/i1D3,3D3,5D3,48D. The molecule has 0 unspecified atom stereocenters. The van der Waals surface area contributed by atoms with Gasteiger partial charge in [-0.05, 0) is 184 Å². The molecule has 0 bridgehead atoms. The van der Waals surface area contributed by atoms with Crippen LogP contribution in [0.4, 0.5) is 0 Å². The van der Waals surface area contributed by atoms with Crippen molar-refractivity contribution in [3.05, 3.63) is 179 Å². The molecule has 0 N–H and O–H groups in total. The lowest BCUT2D eigenvalue weighted by Crippen LogP contribution is -2.49. The fraction of sp³-hybridized carbons (Fsp3) is 0.262. The predicted octanol–water partition coefficient (Wildman–Crippen LogP) is 18.6. The molecule has 0 amide bonds. The molecule has 10 aromatic rings. The summed E-state index contributed by atoms with van der Waals surface area (Å²) in [4.78, 5) is 9.57. The Morgan fingerprint density at radius 2 is 1.28 bits per heavy atom. The zero-order valence-electron chi connectivity index (χ0n) is 50.5. The van der Waals surface area contributed by atoms with Crippen LogP contribution in [-0.4, -0.2) is 9.97 Å². The van der Waals surface area contributed by atoms with E-state index in [9.17, 15) is 1.37 Å². The van der Waals surface area contributed by atoms with E-state index in [1.54, 1.807) is 30.3 Å². The highest BCUT2D eigenvalue weighted by atomic mass is 16.5. The first-order valence-electron chi connectivity index (χ1n) is 28.8. The lowest BCUT2D eigenvalue weighted by molar-refractivity contribution is -0.0744. The Bertz CT molecular complexity index is 4070. The van der Waals surface area contributed by atoms with Crippen LogP contribution in [0.5, 0.6) is 11.5 Å². The van der Waals surface area contributed by atoms with Crippen molar-refractivity contribution in [1.82, 2.24) is 9.97 Å². The van der Waals surface area contributed by atoms with Gasteiger partial charge in [-0.15, -0.1) is 0 Å². The van der Waals surface area contributed by atoms with Crippen LogP contribution in [0.15, 0.2) is 150 Å². The number of furan rings is 1. The fourth-order valence-corrected chi connectivity index (χ4v) is 10.9. The maximum absolute atomic E-state index is 10.0. The molecule has 11 rings (SSSR count). The molecule has 1 aliphatic carbocycles. The highest BCUT2D eigenvalue weighted by Crippen LogP contribution is 2.63. The first-order valence-corrected chi connectivity index (χ1v) is 23.8. The summed E-state index contributed by atoms with van der Waals surface area (Å²) >= 11 is 0. The van der Waals surface area contributed by atoms with E-state index in [-0.39, 0.29) is 44.6 Å². The van der Waals surface area contributed by atoms with Gasteiger partial charge in [0.25, 0.3) is 0 Å². The molecular weight excluding hydrogens is 841 g/mol. The molecule has 1 aliphatic rings. The highest BCUT2D eigenvalue weighted by molar-refractivity contribution is 6.24. The van der Waals surface area contributed by atoms with Crippen LogP contribution in [0.3, 0.4) is 0 Å². The molecule has 3 heterocycles. The SMILES string of the molecule is [2H]C([2H])([2H])c1cnc(-c2cc(Oc3cc(-c4cc(-c5ccc(C6([2H])CC(C)(C)C(C)(C)C(C)(C)C6)cc5C)c(C)cn4)c4oc5c(ccc6ccc7ccccc7c65)c4c3)c(C([2H])([2H])[2H])c(-c3ccccc3)c2)cc1C([2H])([2H])[2H]. The van der Waals surface area contributed by atoms with Gasteiger partial charge in [-0.3, -0.25) is 9.97 Å². The summed E-state index contributed by atoms with van der Waals surface area (Å²) in [7, 11) is 0. The van der Waals surface area contributed by atoms with Gasteiger partial charge in [0, 0.05) is 53.4 Å². The third-order valence-corrected chi connectivity index (χ3v) is 16.0. The van der Waals surface area contributed by atoms with Gasteiger partial charge in [0.15, 0.2) is 0 Å². The van der Waals surface area contributed by atoms with E-state index in [1.807, 2.05) is 49.5 Å². The molecule has 0 saturated heterocycles. The molecule has 344 valence electrons. The lowest BCUT2D eigenvalue weighted by Gasteiger charge is -2.59. The first-order chi connectivity index (χ1) is 37.0. The molecule has 0 atom stereocenters. The maximum Gasteiger partial charge on any atom is 0.145 e. The summed E-state index contributed by atoms with van der Waals surface area (Å²) in [6, 6.07) is 42.0. The zero-order valence-corrected chi connectivity index (χ0v) is 40.5. The number of pyridine rings is 2. The molecule has 1 fully saturated rings. The maximum atomic E-state index is 10.0. The molecular formula is C65H62N2O2. The topological polar surface area (TPSA) is 48.2 Å². The summed E-state index contributed by atoms with van der Waals surface area (Å²) in [6.45, 7) is 9.72. The zero-order chi connectivity index (χ0) is 56.6. The average Bonchev–Trinajstić information content (AvgIpc) is 3.67. The number of nitrogens with zero attached hydrogens (tertiary/aromatic N) is 2. The summed E-state index contributed by atoms with van der Waals surface area (Å²) in [5, 5.41) is 5.50. The van der Waals surface area contributed by atoms with Crippen molar-refractivity contribution in [1.29, 1.82) is 0 Å². The quantitative estimate of drug-likeness (QED) is 0.150. The van der Waals surface area contributed by atoms with Crippen molar-refractivity contribution in [3.8, 4) is 56.3 Å². The minimum atomic E-state index is -2.81. The van der Waals surface area contributed by atoms with Gasteiger partial charge in [0.1, 0.15) is 22.7 Å². The van der Waals surface area contributed by atoms with Crippen molar-refractivity contribution in [2.24, 2.45) is 16.2 Å². The fourth-order valence-electron chi connectivity index (χ4n) is 10.9. The highest BCUT2D eigenvalue weighted by Gasteiger charge is 2.53. The number of hydrogen-bond donors (Lipinski definition) is 0. The molecule has 4 heteroatoms. The van der Waals surface area contributed by atoms with Gasteiger partial charge in [0.2, 0.25) is 0 Å². The number of ether oxygens (including phenoxy) is 1. The number of rotatable bonds is 7. The van der Waals surface area contributed by atoms with Gasteiger partial charge in [-0.25, -0.2) is 0 Å². The number of benzene rings is 7. The number of aryl methyl sites for hydroxylation is 4. The molecule has 0 radical (unpaired) electrons. The van der Waals surface area contributed by atoms with E-state index in [2.05, 4.69) is 108 Å². The van der Waals surface area contributed by atoms with Crippen molar-refractivity contribution in [2.75, 3.05) is 0 Å². The van der Waals surface area contributed by atoms with Crippen LogP contribution in [-0.2, 0) is 0 Å². The second-order valence-electron chi connectivity index (χ2n) is 21.0. The Hall–Kier alpha value is -7.04. The van der Waals surface area contributed by atoms with Crippen molar-refractivity contribution in [2.45, 2.75) is 94.7 Å². The normalized spacial score (nSPS) is 18.8. The van der Waals surface area contributed by atoms with Crippen LogP contribution < -0.4 is 4.74 Å². The summed E-state index contributed by atoms with van der Waals surface area (Å²) in [6.07, 6.45) is 4.38. The molecule has 0 aliphatic heterocycles. The Kier molecular flexibility index (Phi) is 8.10. The second kappa shape index (κ2) is 16.3. The van der Waals surface area contributed by atoms with Gasteiger partial charge in [-0.2, -0.15) is 0 Å². The number of fused-ring (bicyclic) bond motifs is 7. The summed E-state index contributed by atoms with van der Waals surface area (Å²) in [5.74, 6) is -0.558. The largest absolute Gasteiger partial charge is 0.457 e. The van der Waals surface area contributed by atoms with E-state index in [0.717, 1.165) is 73.8 Å². The van der Waals surface area contributed by atoms with E-state index >= 15 is 0 Å². The molecule has 3 aromatic heterocycles. The number of aromatic nitrogens is 2. The van der Waals surface area contributed by atoms with Gasteiger partial charge in [-0.1, -0.05) is 133 Å². The smallest absolute Gasteiger partial charge is 0.145 e. The first kappa shape index (κ1) is 34.3. The second-order valence-corrected chi connectivity index (χ2v) is 21.0. The van der Waals surface area contributed by atoms with Crippen LogP contribution >= 0.6 is 0 Å². The third-order valence-electron chi connectivity index (χ3n) is 16.0. The minimum absolute atomic E-state index is 0.0213. The van der Waals surface area contributed by atoms with Gasteiger partial charge < -0.3 is 9.15 Å². The van der Waals surface area contributed by atoms with E-state index < -0.39 is 32.0 Å². The molecule has 1 saturated carbocycles. The van der Waals surface area contributed by atoms with E-state index in [1.165, 1.54) is 12.1 Å². The molecule has 7 aromatic carbocycles. The predicted molar refractivity (Wildman–Crippen MR) is 290 cm³/mol. The monoisotopic (exact) mass is 913 g/mol. The minimum Gasteiger partial charge on any atom is -0.457 e. The Balaban J connectivity index is 1.13. The van der Waals surface area contributed by atoms with Crippen LogP contribution in [0.25, 0.3) is 88.3 Å². The Morgan fingerprint density at radius 1 is 0.551 bits per heavy atom.